The largest absolute Gasteiger partial charge is 0.376 e. The molecule has 100 valence electrons. The molecule has 0 spiro atoms. The molecule has 1 fully saturated rings. The van der Waals surface area contributed by atoms with E-state index < -0.39 is 10.0 Å². The van der Waals surface area contributed by atoms with E-state index in [1.807, 2.05) is 6.92 Å². The Morgan fingerprint density at radius 2 is 2.11 bits per heavy atom. The molecule has 1 aromatic carbocycles. The van der Waals surface area contributed by atoms with E-state index in [1.165, 1.54) is 4.31 Å². The predicted molar refractivity (Wildman–Crippen MR) is 76.0 cm³/mol. The Balaban J connectivity index is 2.38. The van der Waals surface area contributed by atoms with Crippen LogP contribution in [0.1, 0.15) is 6.92 Å². The SMILES string of the molecule is CC1CN(S(=O)(=O)c2cc(Br)ccc2Br)CCO1. The van der Waals surface area contributed by atoms with Crippen molar-refractivity contribution in [1.82, 2.24) is 4.31 Å². The van der Waals surface area contributed by atoms with Crippen LogP contribution in [0.2, 0.25) is 0 Å². The van der Waals surface area contributed by atoms with E-state index in [9.17, 15) is 8.42 Å². The first kappa shape index (κ1) is 14.5. The molecular formula is C11H13Br2NO3S. The molecule has 0 bridgehead atoms. The molecule has 1 unspecified atom stereocenters. The molecule has 1 saturated heterocycles. The number of halogens is 2. The zero-order chi connectivity index (χ0) is 13.3. The molecule has 0 aromatic heterocycles. The van der Waals surface area contributed by atoms with Crippen molar-refractivity contribution in [1.29, 1.82) is 0 Å². The predicted octanol–water partition coefficient (Wildman–Crippen LogP) is 2.62. The van der Waals surface area contributed by atoms with Gasteiger partial charge in [0.25, 0.3) is 0 Å². The lowest BCUT2D eigenvalue weighted by Gasteiger charge is -2.30. The Morgan fingerprint density at radius 3 is 2.78 bits per heavy atom. The Bertz CT molecular complexity index is 547. The first-order valence-electron chi connectivity index (χ1n) is 5.48. The number of rotatable bonds is 2. The lowest BCUT2D eigenvalue weighted by Crippen LogP contribution is -2.44. The molecule has 1 aliphatic heterocycles. The van der Waals surface area contributed by atoms with Gasteiger partial charge in [0, 0.05) is 22.0 Å². The molecule has 2 rings (SSSR count). The van der Waals surface area contributed by atoms with Crippen LogP contribution in [0, 0.1) is 0 Å². The highest BCUT2D eigenvalue weighted by Crippen LogP contribution is 2.29. The lowest BCUT2D eigenvalue weighted by molar-refractivity contribution is 0.0102. The number of benzene rings is 1. The van der Waals surface area contributed by atoms with Gasteiger partial charge in [0.05, 0.1) is 17.6 Å². The highest BCUT2D eigenvalue weighted by Gasteiger charge is 2.30. The summed E-state index contributed by atoms with van der Waals surface area (Å²) in [5.74, 6) is 0. The van der Waals surface area contributed by atoms with Crippen LogP contribution in [0.5, 0.6) is 0 Å². The molecule has 0 amide bonds. The van der Waals surface area contributed by atoms with Crippen molar-refractivity contribution >= 4 is 41.9 Å². The zero-order valence-corrected chi connectivity index (χ0v) is 13.8. The van der Waals surface area contributed by atoms with Crippen molar-refractivity contribution in [3.63, 3.8) is 0 Å². The number of nitrogens with zero attached hydrogens (tertiary/aromatic N) is 1. The third kappa shape index (κ3) is 2.96. The summed E-state index contributed by atoms with van der Waals surface area (Å²) in [5.41, 5.74) is 0. The molecule has 1 aromatic rings. The monoisotopic (exact) mass is 397 g/mol. The van der Waals surface area contributed by atoms with Crippen molar-refractivity contribution < 1.29 is 13.2 Å². The summed E-state index contributed by atoms with van der Waals surface area (Å²) in [5, 5.41) is 0. The normalized spacial score (nSPS) is 22.1. The molecule has 0 aliphatic carbocycles. The van der Waals surface area contributed by atoms with Crippen LogP contribution < -0.4 is 0 Å². The fraction of sp³-hybridized carbons (Fsp3) is 0.455. The number of hydrogen-bond donors (Lipinski definition) is 0. The van der Waals surface area contributed by atoms with Gasteiger partial charge in [0.15, 0.2) is 0 Å². The zero-order valence-electron chi connectivity index (χ0n) is 9.77. The van der Waals surface area contributed by atoms with Gasteiger partial charge in [0.2, 0.25) is 10.0 Å². The second kappa shape index (κ2) is 5.58. The van der Waals surface area contributed by atoms with Crippen molar-refractivity contribution in [2.45, 2.75) is 17.9 Å². The number of morpholine rings is 1. The van der Waals surface area contributed by atoms with Crippen LogP contribution in [0.25, 0.3) is 0 Å². The summed E-state index contributed by atoms with van der Waals surface area (Å²) < 4.78 is 33.2. The van der Waals surface area contributed by atoms with Crippen LogP contribution in [-0.4, -0.2) is 38.5 Å². The van der Waals surface area contributed by atoms with Crippen LogP contribution in [0.3, 0.4) is 0 Å². The fourth-order valence-corrected chi connectivity index (χ4v) is 4.78. The molecule has 18 heavy (non-hydrogen) atoms. The van der Waals surface area contributed by atoms with Crippen LogP contribution in [0.15, 0.2) is 32.0 Å². The Kier molecular flexibility index (Phi) is 4.48. The van der Waals surface area contributed by atoms with Gasteiger partial charge in [-0.3, -0.25) is 0 Å². The van der Waals surface area contributed by atoms with E-state index in [0.29, 0.717) is 24.2 Å². The second-order valence-electron chi connectivity index (χ2n) is 4.12. The standard InChI is InChI=1S/C11H13Br2NO3S/c1-8-7-14(4-5-17-8)18(15,16)11-6-9(12)2-3-10(11)13/h2-3,6,8H,4-5,7H2,1H3. The van der Waals surface area contributed by atoms with E-state index in [1.54, 1.807) is 18.2 Å². The minimum Gasteiger partial charge on any atom is -0.376 e. The molecular weight excluding hydrogens is 386 g/mol. The van der Waals surface area contributed by atoms with Crippen molar-refractivity contribution in [2.75, 3.05) is 19.7 Å². The van der Waals surface area contributed by atoms with Gasteiger partial charge in [-0.1, -0.05) is 15.9 Å². The minimum absolute atomic E-state index is 0.0700. The van der Waals surface area contributed by atoms with E-state index in [-0.39, 0.29) is 11.0 Å². The van der Waals surface area contributed by atoms with E-state index in [4.69, 9.17) is 4.74 Å². The average molecular weight is 399 g/mol. The third-order valence-corrected chi connectivity index (χ3v) is 6.07. The van der Waals surface area contributed by atoms with E-state index in [0.717, 1.165) is 4.47 Å². The molecule has 1 heterocycles. The van der Waals surface area contributed by atoms with Gasteiger partial charge in [-0.05, 0) is 41.1 Å². The Labute approximate surface area is 124 Å². The van der Waals surface area contributed by atoms with Crippen LogP contribution in [-0.2, 0) is 14.8 Å². The molecule has 0 saturated carbocycles. The Hall–Kier alpha value is 0.0500. The van der Waals surface area contributed by atoms with Crippen molar-refractivity contribution in [3.8, 4) is 0 Å². The summed E-state index contributed by atoms with van der Waals surface area (Å²) in [7, 11) is -3.47. The highest BCUT2D eigenvalue weighted by molar-refractivity contribution is 9.11. The van der Waals surface area contributed by atoms with Crippen molar-refractivity contribution in [2.24, 2.45) is 0 Å². The number of sulfonamides is 1. The average Bonchev–Trinajstić information content (AvgIpc) is 2.32. The van der Waals surface area contributed by atoms with E-state index in [2.05, 4.69) is 31.9 Å². The molecule has 0 N–H and O–H groups in total. The summed E-state index contributed by atoms with van der Waals surface area (Å²) in [6.07, 6.45) is -0.0700. The minimum atomic E-state index is -3.47. The first-order chi connectivity index (χ1) is 8.41. The maximum Gasteiger partial charge on any atom is 0.244 e. The summed E-state index contributed by atoms with van der Waals surface area (Å²) in [6, 6.07) is 5.13. The number of ether oxygens (including phenoxy) is 1. The molecule has 4 nitrogen and oxygen atoms in total. The topological polar surface area (TPSA) is 46.6 Å². The maximum atomic E-state index is 12.5. The van der Waals surface area contributed by atoms with Gasteiger partial charge in [-0.15, -0.1) is 0 Å². The van der Waals surface area contributed by atoms with Gasteiger partial charge >= 0.3 is 0 Å². The number of hydrogen-bond acceptors (Lipinski definition) is 3. The van der Waals surface area contributed by atoms with Gasteiger partial charge < -0.3 is 4.74 Å². The van der Waals surface area contributed by atoms with Gasteiger partial charge in [-0.25, -0.2) is 8.42 Å². The first-order valence-corrected chi connectivity index (χ1v) is 8.50. The Morgan fingerprint density at radius 1 is 1.39 bits per heavy atom. The summed E-state index contributed by atoms with van der Waals surface area (Å²) in [4.78, 5) is 0.283. The second-order valence-corrected chi connectivity index (χ2v) is 7.80. The highest BCUT2D eigenvalue weighted by atomic mass is 79.9. The maximum absolute atomic E-state index is 12.5. The molecule has 1 atom stereocenters. The summed E-state index contributed by atoms with van der Waals surface area (Å²) >= 11 is 6.59. The van der Waals surface area contributed by atoms with Crippen molar-refractivity contribution in [3.05, 3.63) is 27.1 Å². The summed E-state index contributed by atoms with van der Waals surface area (Å²) in [6.45, 7) is 3.09. The van der Waals surface area contributed by atoms with Gasteiger partial charge in [0.1, 0.15) is 0 Å². The molecule has 7 heteroatoms. The fourth-order valence-electron chi connectivity index (χ4n) is 1.82. The molecule has 0 radical (unpaired) electrons. The van der Waals surface area contributed by atoms with Gasteiger partial charge in [-0.2, -0.15) is 4.31 Å². The van der Waals surface area contributed by atoms with Crippen LogP contribution in [0.4, 0.5) is 0 Å². The quantitative estimate of drug-likeness (QED) is 0.769. The van der Waals surface area contributed by atoms with Crippen LogP contribution >= 0.6 is 31.9 Å². The van der Waals surface area contributed by atoms with E-state index >= 15 is 0 Å². The third-order valence-electron chi connectivity index (χ3n) is 2.71. The lowest BCUT2D eigenvalue weighted by atomic mass is 10.3. The molecule has 1 aliphatic rings. The smallest absolute Gasteiger partial charge is 0.244 e.